The van der Waals surface area contributed by atoms with Crippen molar-refractivity contribution in [1.29, 1.82) is 0 Å². The van der Waals surface area contributed by atoms with Gasteiger partial charge in [-0.25, -0.2) is 4.98 Å². The summed E-state index contributed by atoms with van der Waals surface area (Å²) in [7, 11) is 1.94. The van der Waals surface area contributed by atoms with E-state index in [0.29, 0.717) is 0 Å². The summed E-state index contributed by atoms with van der Waals surface area (Å²) in [5.41, 5.74) is 1.79. The molecule has 0 atom stereocenters. The van der Waals surface area contributed by atoms with Gasteiger partial charge in [-0.2, -0.15) is 0 Å². The smallest absolute Gasteiger partial charge is 0.307 e. The molecule has 0 unspecified atom stereocenters. The molecule has 1 heterocycles. The van der Waals surface area contributed by atoms with Crippen molar-refractivity contribution in [2.75, 3.05) is 11.9 Å². The summed E-state index contributed by atoms with van der Waals surface area (Å²) in [5.74, 6) is -0.814. The van der Waals surface area contributed by atoms with Gasteiger partial charge >= 0.3 is 5.97 Å². The summed E-state index contributed by atoms with van der Waals surface area (Å²) in [4.78, 5) is 16.7. The second-order valence-corrected chi connectivity index (χ2v) is 4.48. The normalized spacial score (nSPS) is 10.2. The Morgan fingerprint density at radius 2 is 2.12 bits per heavy atom. The number of carbonyl (C=O) groups is 1. The molecular weight excluding hydrogens is 236 g/mol. The number of benzene rings is 1. The lowest BCUT2D eigenvalue weighted by Gasteiger charge is -2.15. The van der Waals surface area contributed by atoms with Crippen LogP contribution >= 0.6 is 11.3 Å². The van der Waals surface area contributed by atoms with Gasteiger partial charge < -0.3 is 10.0 Å². The zero-order chi connectivity index (χ0) is 12.3. The van der Waals surface area contributed by atoms with Crippen LogP contribution in [0.4, 0.5) is 10.8 Å². The predicted molar refractivity (Wildman–Crippen MR) is 68.0 cm³/mol. The Morgan fingerprint density at radius 3 is 2.65 bits per heavy atom. The highest BCUT2D eigenvalue weighted by atomic mass is 32.1. The second-order valence-electron chi connectivity index (χ2n) is 3.61. The number of nitrogens with zero attached hydrogens (tertiary/aromatic N) is 2. The van der Waals surface area contributed by atoms with E-state index in [-0.39, 0.29) is 6.42 Å². The second kappa shape index (κ2) is 4.97. The van der Waals surface area contributed by atoms with E-state index in [9.17, 15) is 4.79 Å². The molecule has 1 N–H and O–H groups in total. The molecule has 0 bridgehead atoms. The van der Waals surface area contributed by atoms with Gasteiger partial charge in [-0.1, -0.05) is 12.1 Å². The van der Waals surface area contributed by atoms with Crippen molar-refractivity contribution >= 4 is 28.1 Å². The van der Waals surface area contributed by atoms with Crippen LogP contribution in [0.2, 0.25) is 0 Å². The maximum Gasteiger partial charge on any atom is 0.307 e. The average Bonchev–Trinajstić information content (AvgIpc) is 2.82. The van der Waals surface area contributed by atoms with Gasteiger partial charge in [-0.3, -0.25) is 4.79 Å². The van der Waals surface area contributed by atoms with Gasteiger partial charge in [0.25, 0.3) is 0 Å². The van der Waals surface area contributed by atoms with Crippen LogP contribution < -0.4 is 4.90 Å². The number of hydrogen-bond donors (Lipinski definition) is 1. The van der Waals surface area contributed by atoms with Crippen LogP contribution in [0, 0.1) is 0 Å². The summed E-state index contributed by atoms with van der Waals surface area (Å²) in [5, 5.41) is 11.5. The summed E-state index contributed by atoms with van der Waals surface area (Å²) in [6.45, 7) is 0. The number of rotatable bonds is 4. The van der Waals surface area contributed by atoms with Gasteiger partial charge in [-0.15, -0.1) is 11.3 Å². The summed E-state index contributed by atoms with van der Waals surface area (Å²) >= 11 is 1.56. The molecule has 0 spiro atoms. The first-order valence-corrected chi connectivity index (χ1v) is 5.99. The molecular formula is C12H12N2O2S. The van der Waals surface area contributed by atoms with E-state index in [2.05, 4.69) is 4.98 Å². The van der Waals surface area contributed by atoms with Crippen LogP contribution in [0.5, 0.6) is 0 Å². The Bertz CT molecular complexity index is 494. The van der Waals surface area contributed by atoms with Crippen molar-refractivity contribution in [2.24, 2.45) is 0 Å². The highest BCUT2D eigenvalue weighted by Crippen LogP contribution is 2.25. The lowest BCUT2D eigenvalue weighted by molar-refractivity contribution is -0.136. The van der Waals surface area contributed by atoms with Crippen molar-refractivity contribution in [3.05, 3.63) is 41.4 Å². The average molecular weight is 248 g/mol. The number of hydrogen-bond acceptors (Lipinski definition) is 4. The van der Waals surface area contributed by atoms with Crippen LogP contribution in [-0.4, -0.2) is 23.1 Å². The van der Waals surface area contributed by atoms with Gasteiger partial charge in [0.1, 0.15) is 0 Å². The Labute approximate surface area is 103 Å². The van der Waals surface area contributed by atoms with E-state index >= 15 is 0 Å². The molecule has 0 aliphatic heterocycles. The molecule has 0 aliphatic rings. The molecule has 2 rings (SSSR count). The minimum absolute atomic E-state index is 0.0568. The fraction of sp³-hybridized carbons (Fsp3) is 0.167. The first-order chi connectivity index (χ1) is 8.16. The molecule has 0 radical (unpaired) electrons. The Balaban J connectivity index is 2.15. The van der Waals surface area contributed by atoms with E-state index in [0.717, 1.165) is 16.4 Å². The van der Waals surface area contributed by atoms with Gasteiger partial charge in [0, 0.05) is 24.3 Å². The third-order valence-electron chi connectivity index (χ3n) is 2.39. The fourth-order valence-corrected chi connectivity index (χ4v) is 2.13. The standard InChI is InChI=1S/C12H12N2O2S/c1-14(12-13-6-7-17-12)10-4-2-9(3-5-10)8-11(15)16/h2-7H,8H2,1H3,(H,15,16). The van der Waals surface area contributed by atoms with E-state index in [1.807, 2.05) is 41.6 Å². The maximum absolute atomic E-state index is 10.6. The first-order valence-electron chi connectivity index (χ1n) is 5.11. The zero-order valence-corrected chi connectivity index (χ0v) is 10.1. The van der Waals surface area contributed by atoms with Gasteiger partial charge in [0.2, 0.25) is 0 Å². The number of aliphatic carboxylic acids is 1. The molecule has 1 aromatic carbocycles. The first kappa shape index (κ1) is 11.6. The number of anilines is 2. The molecule has 0 fully saturated rings. The van der Waals surface area contributed by atoms with Crippen molar-refractivity contribution in [3.8, 4) is 0 Å². The lowest BCUT2D eigenvalue weighted by atomic mass is 10.1. The van der Waals surface area contributed by atoms with Crippen molar-refractivity contribution in [3.63, 3.8) is 0 Å². The molecule has 0 aliphatic carbocycles. The molecule has 1 aromatic heterocycles. The topological polar surface area (TPSA) is 53.4 Å². The highest BCUT2D eigenvalue weighted by Gasteiger charge is 2.06. The number of thiazole rings is 1. The Kier molecular flexibility index (Phi) is 3.39. The molecule has 0 amide bonds. The minimum atomic E-state index is -0.814. The SMILES string of the molecule is CN(c1ccc(CC(=O)O)cc1)c1nccs1. The summed E-state index contributed by atoms with van der Waals surface area (Å²) in [6.07, 6.45) is 1.82. The Morgan fingerprint density at radius 1 is 1.41 bits per heavy atom. The quantitative estimate of drug-likeness (QED) is 0.903. The fourth-order valence-electron chi connectivity index (χ4n) is 1.50. The number of carboxylic acids is 1. The zero-order valence-electron chi connectivity index (χ0n) is 9.33. The summed E-state index contributed by atoms with van der Waals surface area (Å²) in [6, 6.07) is 7.46. The van der Waals surface area contributed by atoms with Gasteiger partial charge in [0.15, 0.2) is 5.13 Å². The van der Waals surface area contributed by atoms with Crippen molar-refractivity contribution < 1.29 is 9.90 Å². The molecule has 0 saturated carbocycles. The molecule has 88 valence electrons. The van der Waals surface area contributed by atoms with E-state index in [1.165, 1.54) is 0 Å². The number of aromatic nitrogens is 1. The Hall–Kier alpha value is -1.88. The van der Waals surface area contributed by atoms with E-state index in [4.69, 9.17) is 5.11 Å². The predicted octanol–water partition coefficient (Wildman–Crippen LogP) is 2.54. The molecule has 17 heavy (non-hydrogen) atoms. The van der Waals surface area contributed by atoms with Crippen LogP contribution in [0.3, 0.4) is 0 Å². The van der Waals surface area contributed by atoms with Crippen molar-refractivity contribution in [2.45, 2.75) is 6.42 Å². The van der Waals surface area contributed by atoms with E-state index < -0.39 is 5.97 Å². The molecule has 2 aromatic rings. The number of carboxylic acid groups (broad SMARTS) is 1. The minimum Gasteiger partial charge on any atom is -0.481 e. The van der Waals surface area contributed by atoms with Crippen LogP contribution in [0.15, 0.2) is 35.8 Å². The van der Waals surface area contributed by atoms with Gasteiger partial charge in [0.05, 0.1) is 6.42 Å². The van der Waals surface area contributed by atoms with Gasteiger partial charge in [-0.05, 0) is 17.7 Å². The molecule has 0 saturated heterocycles. The summed E-state index contributed by atoms with van der Waals surface area (Å²) < 4.78 is 0. The third kappa shape index (κ3) is 2.82. The largest absolute Gasteiger partial charge is 0.481 e. The highest BCUT2D eigenvalue weighted by molar-refractivity contribution is 7.13. The van der Waals surface area contributed by atoms with Crippen LogP contribution in [0.1, 0.15) is 5.56 Å². The van der Waals surface area contributed by atoms with Crippen LogP contribution in [0.25, 0.3) is 0 Å². The lowest BCUT2D eigenvalue weighted by Crippen LogP contribution is -2.09. The van der Waals surface area contributed by atoms with E-state index in [1.54, 1.807) is 17.5 Å². The monoisotopic (exact) mass is 248 g/mol. The van der Waals surface area contributed by atoms with Crippen molar-refractivity contribution in [1.82, 2.24) is 4.98 Å². The molecule has 4 nitrogen and oxygen atoms in total. The third-order valence-corrected chi connectivity index (χ3v) is 3.23. The maximum atomic E-state index is 10.6. The van der Waals surface area contributed by atoms with Crippen LogP contribution in [-0.2, 0) is 11.2 Å². The molecule has 5 heteroatoms.